The predicted molar refractivity (Wildman–Crippen MR) is 76.8 cm³/mol. The minimum Gasteiger partial charge on any atom is -0.338 e. The summed E-state index contributed by atoms with van der Waals surface area (Å²) < 4.78 is 0.738. The van der Waals surface area contributed by atoms with Gasteiger partial charge in [0.1, 0.15) is 0 Å². The van der Waals surface area contributed by atoms with Gasteiger partial charge in [-0.25, -0.2) is 0 Å². The van der Waals surface area contributed by atoms with Crippen molar-refractivity contribution in [3.63, 3.8) is 0 Å². The van der Waals surface area contributed by atoms with Gasteiger partial charge >= 0.3 is 0 Å². The molecule has 2 atom stereocenters. The Morgan fingerprint density at radius 1 is 1.56 bits per heavy atom. The van der Waals surface area contributed by atoms with Gasteiger partial charge in [-0.15, -0.1) is 0 Å². The summed E-state index contributed by atoms with van der Waals surface area (Å²) >= 11 is 9.26. The lowest BCUT2D eigenvalue weighted by molar-refractivity contribution is 0.0663. The third kappa shape index (κ3) is 2.87. The molecule has 18 heavy (non-hydrogen) atoms. The standard InChI is InChI=1S/C13H16BrClN2O/c1-8-7-17(5-4-12(8)16)13(18)10-3-2-9(15)6-11(10)14/h2-3,6,8,12H,4-5,7,16H2,1H3. The zero-order chi connectivity index (χ0) is 13.3. The molecule has 0 bridgehead atoms. The molecular weight excluding hydrogens is 316 g/mol. The van der Waals surface area contributed by atoms with Gasteiger partial charge in [0.25, 0.3) is 5.91 Å². The monoisotopic (exact) mass is 330 g/mol. The maximum absolute atomic E-state index is 12.4. The molecule has 5 heteroatoms. The van der Waals surface area contributed by atoms with Crippen molar-refractivity contribution in [1.82, 2.24) is 4.90 Å². The highest BCUT2D eigenvalue weighted by molar-refractivity contribution is 9.10. The summed E-state index contributed by atoms with van der Waals surface area (Å²) in [6.45, 7) is 3.52. The van der Waals surface area contributed by atoms with Crippen LogP contribution in [0.4, 0.5) is 0 Å². The molecule has 1 heterocycles. The van der Waals surface area contributed by atoms with Crippen LogP contribution in [-0.4, -0.2) is 29.9 Å². The van der Waals surface area contributed by atoms with E-state index < -0.39 is 0 Å². The number of carbonyl (C=O) groups is 1. The number of hydrogen-bond donors (Lipinski definition) is 1. The van der Waals surface area contributed by atoms with Crippen LogP contribution in [0.15, 0.2) is 22.7 Å². The smallest absolute Gasteiger partial charge is 0.255 e. The van der Waals surface area contributed by atoms with Crippen molar-refractivity contribution in [1.29, 1.82) is 0 Å². The molecule has 2 N–H and O–H groups in total. The second-order valence-electron chi connectivity index (χ2n) is 4.81. The molecule has 2 rings (SSSR count). The summed E-state index contributed by atoms with van der Waals surface area (Å²) in [5, 5.41) is 0.618. The Bertz CT molecular complexity index is 466. The Morgan fingerprint density at radius 3 is 2.89 bits per heavy atom. The van der Waals surface area contributed by atoms with Gasteiger partial charge < -0.3 is 10.6 Å². The van der Waals surface area contributed by atoms with Gasteiger partial charge in [-0.3, -0.25) is 4.79 Å². The van der Waals surface area contributed by atoms with E-state index in [0.29, 0.717) is 16.5 Å². The third-order valence-electron chi connectivity index (χ3n) is 3.42. The Kier molecular flexibility index (Phi) is 4.30. The second kappa shape index (κ2) is 5.59. The highest BCUT2D eigenvalue weighted by Crippen LogP contribution is 2.24. The first-order valence-corrected chi connectivity index (χ1v) is 7.16. The topological polar surface area (TPSA) is 46.3 Å². The highest BCUT2D eigenvalue weighted by atomic mass is 79.9. The van der Waals surface area contributed by atoms with Crippen LogP contribution in [0.2, 0.25) is 5.02 Å². The Labute approximate surface area is 120 Å². The molecule has 0 radical (unpaired) electrons. The van der Waals surface area contributed by atoms with Crippen molar-refractivity contribution in [2.24, 2.45) is 11.7 Å². The van der Waals surface area contributed by atoms with Crippen LogP contribution in [0, 0.1) is 5.92 Å². The van der Waals surface area contributed by atoms with Crippen LogP contribution in [0.3, 0.4) is 0 Å². The van der Waals surface area contributed by atoms with E-state index in [4.69, 9.17) is 17.3 Å². The molecule has 98 valence electrons. The van der Waals surface area contributed by atoms with Gasteiger partial charge in [0.2, 0.25) is 0 Å². The predicted octanol–water partition coefficient (Wildman–Crippen LogP) is 2.91. The Balaban J connectivity index is 2.16. The molecular formula is C13H16BrClN2O. The van der Waals surface area contributed by atoms with Crippen LogP contribution in [0.5, 0.6) is 0 Å². The van der Waals surface area contributed by atoms with Gasteiger partial charge in [0.15, 0.2) is 0 Å². The van der Waals surface area contributed by atoms with Crippen molar-refractivity contribution in [2.75, 3.05) is 13.1 Å². The summed E-state index contributed by atoms with van der Waals surface area (Å²) in [6, 6.07) is 5.43. The normalized spacial score (nSPS) is 24.1. The summed E-state index contributed by atoms with van der Waals surface area (Å²) in [7, 11) is 0. The van der Waals surface area contributed by atoms with Crippen molar-refractivity contribution in [3.05, 3.63) is 33.3 Å². The maximum Gasteiger partial charge on any atom is 0.255 e. The number of likely N-dealkylation sites (tertiary alicyclic amines) is 1. The van der Waals surface area contributed by atoms with Gasteiger partial charge in [0.05, 0.1) is 5.56 Å². The zero-order valence-electron chi connectivity index (χ0n) is 10.2. The molecule has 1 aromatic rings. The van der Waals surface area contributed by atoms with Crippen LogP contribution in [0.1, 0.15) is 23.7 Å². The fraction of sp³-hybridized carbons (Fsp3) is 0.462. The number of rotatable bonds is 1. The summed E-state index contributed by atoms with van der Waals surface area (Å²) in [5.74, 6) is 0.381. The van der Waals surface area contributed by atoms with Crippen molar-refractivity contribution in [3.8, 4) is 0 Å². The first-order valence-electron chi connectivity index (χ1n) is 5.99. The first-order chi connectivity index (χ1) is 8.49. The number of carbonyl (C=O) groups excluding carboxylic acids is 1. The first kappa shape index (κ1) is 13.8. The van der Waals surface area contributed by atoms with E-state index in [9.17, 15) is 4.79 Å². The van der Waals surface area contributed by atoms with E-state index in [0.717, 1.165) is 24.0 Å². The van der Waals surface area contributed by atoms with Crippen LogP contribution in [-0.2, 0) is 0 Å². The van der Waals surface area contributed by atoms with E-state index in [-0.39, 0.29) is 11.9 Å². The molecule has 1 aliphatic heterocycles. The molecule has 1 saturated heterocycles. The number of amides is 1. The SMILES string of the molecule is CC1CN(C(=O)c2ccc(Cl)cc2Br)CCC1N. The average Bonchev–Trinajstić information content (AvgIpc) is 2.32. The molecule has 0 saturated carbocycles. The molecule has 2 unspecified atom stereocenters. The van der Waals surface area contributed by atoms with E-state index in [1.54, 1.807) is 18.2 Å². The molecule has 1 aliphatic rings. The molecule has 1 fully saturated rings. The fourth-order valence-corrected chi connectivity index (χ4v) is 3.03. The second-order valence-corrected chi connectivity index (χ2v) is 6.10. The number of nitrogens with two attached hydrogens (primary N) is 1. The summed E-state index contributed by atoms with van der Waals surface area (Å²) in [4.78, 5) is 14.3. The molecule has 0 aliphatic carbocycles. The lowest BCUT2D eigenvalue weighted by Gasteiger charge is -2.35. The minimum atomic E-state index is 0.0392. The average molecular weight is 332 g/mol. The largest absolute Gasteiger partial charge is 0.338 e. The zero-order valence-corrected chi connectivity index (χ0v) is 12.5. The van der Waals surface area contributed by atoms with Crippen LogP contribution in [0.25, 0.3) is 0 Å². The van der Waals surface area contributed by atoms with Gasteiger partial charge in [-0.1, -0.05) is 18.5 Å². The molecule has 1 aromatic carbocycles. The van der Waals surface area contributed by atoms with Crippen LogP contribution >= 0.6 is 27.5 Å². The Morgan fingerprint density at radius 2 is 2.28 bits per heavy atom. The molecule has 3 nitrogen and oxygen atoms in total. The number of hydrogen-bond acceptors (Lipinski definition) is 2. The van der Waals surface area contributed by atoms with Gasteiger partial charge in [-0.2, -0.15) is 0 Å². The third-order valence-corrected chi connectivity index (χ3v) is 4.31. The number of nitrogens with zero attached hydrogens (tertiary/aromatic N) is 1. The lowest BCUT2D eigenvalue weighted by atomic mass is 9.94. The minimum absolute atomic E-state index is 0.0392. The molecule has 0 aromatic heterocycles. The Hall–Kier alpha value is -0.580. The summed E-state index contributed by atoms with van der Waals surface area (Å²) in [6.07, 6.45) is 0.859. The fourth-order valence-electron chi connectivity index (χ4n) is 2.18. The van der Waals surface area contributed by atoms with Crippen molar-refractivity contribution < 1.29 is 4.79 Å². The molecule has 0 spiro atoms. The summed E-state index contributed by atoms with van der Waals surface area (Å²) in [5.41, 5.74) is 6.62. The van der Waals surface area contributed by atoms with Gasteiger partial charge in [-0.05, 0) is 46.5 Å². The van der Waals surface area contributed by atoms with Gasteiger partial charge in [0, 0.05) is 28.6 Å². The van der Waals surface area contributed by atoms with E-state index in [1.807, 2.05) is 4.90 Å². The quantitative estimate of drug-likeness (QED) is 0.860. The maximum atomic E-state index is 12.4. The lowest BCUT2D eigenvalue weighted by Crippen LogP contribution is -2.48. The van der Waals surface area contributed by atoms with Crippen LogP contribution < -0.4 is 5.73 Å². The number of benzene rings is 1. The van der Waals surface area contributed by atoms with E-state index in [1.165, 1.54) is 0 Å². The van der Waals surface area contributed by atoms with Crippen molar-refractivity contribution >= 4 is 33.4 Å². The highest BCUT2D eigenvalue weighted by Gasteiger charge is 2.27. The molecule has 1 amide bonds. The van der Waals surface area contributed by atoms with E-state index >= 15 is 0 Å². The number of halogens is 2. The van der Waals surface area contributed by atoms with E-state index in [2.05, 4.69) is 22.9 Å². The number of piperidine rings is 1. The van der Waals surface area contributed by atoms with Crippen molar-refractivity contribution in [2.45, 2.75) is 19.4 Å².